The highest BCUT2D eigenvalue weighted by Gasteiger charge is 2.18. The Morgan fingerprint density at radius 3 is 2.36 bits per heavy atom. The maximum Gasteiger partial charge on any atom is 0.154 e. The van der Waals surface area contributed by atoms with Gasteiger partial charge in [0.15, 0.2) is 5.82 Å². The van der Waals surface area contributed by atoms with Crippen LogP contribution in [-0.2, 0) is 0 Å². The van der Waals surface area contributed by atoms with Crippen LogP contribution in [0.15, 0.2) is 24.3 Å². The summed E-state index contributed by atoms with van der Waals surface area (Å²) < 4.78 is 0. The van der Waals surface area contributed by atoms with E-state index in [9.17, 15) is 0 Å². The molecule has 112 valence electrons. The summed E-state index contributed by atoms with van der Waals surface area (Å²) in [6, 6.07) is 9.63. The van der Waals surface area contributed by atoms with Crippen LogP contribution in [0.5, 0.6) is 0 Å². The smallest absolute Gasteiger partial charge is 0.154 e. The first-order chi connectivity index (χ1) is 10.7. The molecule has 1 saturated heterocycles. The van der Waals surface area contributed by atoms with Crippen LogP contribution in [-0.4, -0.2) is 36.4 Å². The van der Waals surface area contributed by atoms with Gasteiger partial charge in [-0.05, 0) is 37.1 Å². The van der Waals surface area contributed by atoms with Gasteiger partial charge in [0.1, 0.15) is 0 Å². The molecule has 5 nitrogen and oxygen atoms in total. The zero-order valence-corrected chi connectivity index (χ0v) is 12.9. The van der Waals surface area contributed by atoms with Gasteiger partial charge in [0.2, 0.25) is 0 Å². The van der Waals surface area contributed by atoms with Gasteiger partial charge < -0.3 is 10.2 Å². The molecule has 3 rings (SSSR count). The van der Waals surface area contributed by atoms with Gasteiger partial charge in [0.05, 0.1) is 17.3 Å². The minimum atomic E-state index is 0.656. The van der Waals surface area contributed by atoms with Gasteiger partial charge >= 0.3 is 0 Å². The van der Waals surface area contributed by atoms with Crippen LogP contribution >= 0.6 is 0 Å². The normalized spacial score (nSPS) is 14.7. The second kappa shape index (κ2) is 6.12. The highest BCUT2D eigenvalue weighted by molar-refractivity contribution is 5.67. The lowest BCUT2D eigenvalue weighted by molar-refractivity contribution is 0.581. The first-order valence-corrected chi connectivity index (χ1v) is 7.51. The first-order valence-electron chi connectivity index (χ1n) is 7.51. The number of anilines is 1. The number of benzene rings is 1. The molecule has 2 aromatic rings. The lowest BCUT2D eigenvalue weighted by atomic mass is 10.0. The predicted octanol–water partition coefficient (Wildman–Crippen LogP) is 2.04. The Morgan fingerprint density at radius 1 is 1.05 bits per heavy atom. The topological polar surface area (TPSA) is 64.8 Å². The highest BCUT2D eigenvalue weighted by Crippen LogP contribution is 2.28. The highest BCUT2D eigenvalue weighted by atomic mass is 15.3. The van der Waals surface area contributed by atoms with Crippen molar-refractivity contribution in [1.82, 2.24) is 15.5 Å². The molecule has 0 unspecified atom stereocenters. The Balaban J connectivity index is 1.96. The minimum absolute atomic E-state index is 0.656. The number of hydrogen-bond donors (Lipinski definition) is 1. The van der Waals surface area contributed by atoms with E-state index in [1.807, 2.05) is 24.3 Å². The molecule has 0 saturated carbocycles. The summed E-state index contributed by atoms with van der Waals surface area (Å²) in [7, 11) is 0. The third kappa shape index (κ3) is 2.66. The number of piperazine rings is 1. The number of nitrogens with zero attached hydrogens (tertiary/aromatic N) is 4. The van der Waals surface area contributed by atoms with E-state index in [1.165, 1.54) is 5.56 Å². The first kappa shape index (κ1) is 14.5. The Kier molecular flexibility index (Phi) is 4.03. The molecular weight excluding hydrogens is 274 g/mol. The van der Waals surface area contributed by atoms with Crippen LogP contribution in [0.1, 0.15) is 16.7 Å². The summed E-state index contributed by atoms with van der Waals surface area (Å²) in [5.41, 5.74) is 4.87. The van der Waals surface area contributed by atoms with Crippen molar-refractivity contribution in [2.75, 3.05) is 31.1 Å². The van der Waals surface area contributed by atoms with Crippen molar-refractivity contribution in [3.05, 3.63) is 41.0 Å². The molecular formula is C17H19N5. The van der Waals surface area contributed by atoms with Gasteiger partial charge in [-0.3, -0.25) is 0 Å². The van der Waals surface area contributed by atoms with Crippen LogP contribution < -0.4 is 10.2 Å². The fourth-order valence-electron chi connectivity index (χ4n) is 2.75. The van der Waals surface area contributed by atoms with E-state index < -0.39 is 0 Å². The molecule has 1 fully saturated rings. The summed E-state index contributed by atoms with van der Waals surface area (Å²) in [5.74, 6) is 0.983. The maximum atomic E-state index is 8.89. The molecule has 1 aliphatic rings. The second-order valence-corrected chi connectivity index (χ2v) is 5.55. The molecule has 0 aliphatic carbocycles. The molecule has 1 aliphatic heterocycles. The summed E-state index contributed by atoms with van der Waals surface area (Å²) in [6.45, 7) is 8.09. The van der Waals surface area contributed by atoms with Crippen LogP contribution in [0.4, 0.5) is 5.82 Å². The minimum Gasteiger partial charge on any atom is -0.352 e. The summed E-state index contributed by atoms with van der Waals surface area (Å²) in [5, 5.41) is 21.2. The van der Waals surface area contributed by atoms with Crippen LogP contribution in [0.25, 0.3) is 11.3 Å². The number of aromatic nitrogens is 2. The molecule has 0 atom stereocenters. The number of hydrogen-bond acceptors (Lipinski definition) is 5. The van der Waals surface area contributed by atoms with E-state index >= 15 is 0 Å². The maximum absolute atomic E-state index is 8.89. The average molecular weight is 293 g/mol. The third-order valence-electron chi connectivity index (χ3n) is 4.20. The van der Waals surface area contributed by atoms with Gasteiger partial charge in [0.25, 0.3) is 0 Å². The number of nitriles is 1. The van der Waals surface area contributed by atoms with Crippen molar-refractivity contribution < 1.29 is 0 Å². The molecule has 0 bridgehead atoms. The molecule has 0 radical (unpaired) electrons. The fraction of sp³-hybridized carbons (Fsp3) is 0.353. The van der Waals surface area contributed by atoms with Gasteiger partial charge in [-0.25, -0.2) is 0 Å². The van der Waals surface area contributed by atoms with Crippen molar-refractivity contribution in [2.45, 2.75) is 13.8 Å². The standard InChI is InChI=1S/C17H19N5/c1-12-13(2)17(22-9-7-19-8-10-22)21-20-16(12)15-5-3-14(11-18)4-6-15/h3-6,19H,7-10H2,1-2H3. The summed E-state index contributed by atoms with van der Waals surface area (Å²) in [4.78, 5) is 2.29. The van der Waals surface area contributed by atoms with E-state index in [-0.39, 0.29) is 0 Å². The van der Waals surface area contributed by atoms with E-state index in [0.717, 1.165) is 48.8 Å². The lowest BCUT2D eigenvalue weighted by Gasteiger charge is -2.29. The van der Waals surface area contributed by atoms with Crippen LogP contribution in [0, 0.1) is 25.2 Å². The summed E-state index contributed by atoms with van der Waals surface area (Å²) >= 11 is 0. The number of rotatable bonds is 2. The van der Waals surface area contributed by atoms with Crippen LogP contribution in [0.3, 0.4) is 0 Å². The zero-order chi connectivity index (χ0) is 15.5. The molecule has 22 heavy (non-hydrogen) atoms. The summed E-state index contributed by atoms with van der Waals surface area (Å²) in [6.07, 6.45) is 0. The molecule has 1 aromatic carbocycles. The Morgan fingerprint density at radius 2 is 1.73 bits per heavy atom. The van der Waals surface area contributed by atoms with Crippen molar-refractivity contribution in [2.24, 2.45) is 0 Å². The van der Waals surface area contributed by atoms with Crippen LogP contribution in [0.2, 0.25) is 0 Å². The molecule has 1 N–H and O–H groups in total. The Hall–Kier alpha value is -2.45. The fourth-order valence-corrected chi connectivity index (χ4v) is 2.75. The Bertz CT molecular complexity index is 709. The van der Waals surface area contributed by atoms with E-state index in [0.29, 0.717) is 5.56 Å². The molecule has 0 amide bonds. The van der Waals surface area contributed by atoms with E-state index in [1.54, 1.807) is 0 Å². The van der Waals surface area contributed by atoms with Gasteiger partial charge in [-0.1, -0.05) is 12.1 Å². The molecule has 0 spiro atoms. The number of nitrogens with one attached hydrogen (secondary N) is 1. The molecule has 2 heterocycles. The third-order valence-corrected chi connectivity index (χ3v) is 4.20. The Labute approximate surface area is 130 Å². The van der Waals surface area contributed by atoms with Gasteiger partial charge in [-0.15, -0.1) is 10.2 Å². The van der Waals surface area contributed by atoms with Crippen molar-refractivity contribution in [3.63, 3.8) is 0 Å². The van der Waals surface area contributed by atoms with Crippen molar-refractivity contribution in [3.8, 4) is 17.3 Å². The van der Waals surface area contributed by atoms with Crippen molar-refractivity contribution >= 4 is 5.82 Å². The monoisotopic (exact) mass is 293 g/mol. The second-order valence-electron chi connectivity index (χ2n) is 5.55. The van der Waals surface area contributed by atoms with Crippen molar-refractivity contribution in [1.29, 1.82) is 5.26 Å². The van der Waals surface area contributed by atoms with Gasteiger partial charge in [-0.2, -0.15) is 5.26 Å². The van der Waals surface area contributed by atoms with E-state index in [2.05, 4.69) is 40.3 Å². The lowest BCUT2D eigenvalue weighted by Crippen LogP contribution is -2.44. The predicted molar refractivity (Wildman–Crippen MR) is 86.7 cm³/mol. The van der Waals surface area contributed by atoms with Gasteiger partial charge in [0, 0.05) is 31.7 Å². The zero-order valence-electron chi connectivity index (χ0n) is 12.9. The average Bonchev–Trinajstić information content (AvgIpc) is 2.58. The SMILES string of the molecule is Cc1c(-c2ccc(C#N)cc2)nnc(N2CCNCC2)c1C. The quantitative estimate of drug-likeness (QED) is 0.918. The molecule has 1 aromatic heterocycles. The molecule has 5 heteroatoms. The largest absolute Gasteiger partial charge is 0.352 e. The van der Waals surface area contributed by atoms with E-state index in [4.69, 9.17) is 5.26 Å².